The zero-order valence-corrected chi connectivity index (χ0v) is 17.0. The average molecular weight is 369 g/mol. The van der Waals surface area contributed by atoms with Crippen molar-refractivity contribution in [1.29, 1.82) is 0 Å². The number of amides is 2. The van der Waals surface area contributed by atoms with E-state index in [4.69, 9.17) is 0 Å². The number of hydrogen-bond acceptors (Lipinski definition) is 2. The minimum atomic E-state index is 0.0729. The van der Waals surface area contributed by atoms with Gasteiger partial charge in [0.15, 0.2) is 0 Å². The molecule has 2 aliphatic rings. The van der Waals surface area contributed by atoms with Gasteiger partial charge >= 0.3 is 6.03 Å². The molecule has 0 unspecified atom stereocenters. The molecule has 27 heavy (non-hydrogen) atoms. The highest BCUT2D eigenvalue weighted by atomic mass is 16.2. The van der Waals surface area contributed by atoms with Crippen LogP contribution in [0.4, 0.5) is 4.79 Å². The number of likely N-dealkylation sites (tertiary alicyclic amines) is 1. The summed E-state index contributed by atoms with van der Waals surface area (Å²) in [5, 5.41) is 4.76. The Bertz CT molecular complexity index is 838. The molecule has 0 saturated carbocycles. The van der Waals surface area contributed by atoms with E-state index in [0.29, 0.717) is 12.0 Å². The lowest BCUT2D eigenvalue weighted by atomic mass is 9.74. The molecule has 2 aromatic rings. The standard InChI is InChI=1S/C22H32N4O/c1-5-25(6-2)22(27)23-16-12-18-17-9-8-10-19-21(17)15(13-26(19)7-3)11-20(18)24(4)14-16/h8-10,13,16,18,20H,5-7,11-12,14H2,1-4H3,(H,23,27)/t16-,18+,20+/m0/s1. The number of urea groups is 1. The summed E-state index contributed by atoms with van der Waals surface area (Å²) in [7, 11) is 2.22. The number of hydrogen-bond donors (Lipinski definition) is 1. The minimum Gasteiger partial charge on any atom is -0.347 e. The summed E-state index contributed by atoms with van der Waals surface area (Å²) in [5.74, 6) is 0.481. The van der Waals surface area contributed by atoms with E-state index in [1.807, 2.05) is 18.7 Å². The number of nitrogens with zero attached hydrogens (tertiary/aromatic N) is 3. The Morgan fingerprint density at radius 2 is 2.04 bits per heavy atom. The van der Waals surface area contributed by atoms with Crippen molar-refractivity contribution in [1.82, 2.24) is 19.7 Å². The zero-order valence-electron chi connectivity index (χ0n) is 17.0. The topological polar surface area (TPSA) is 40.5 Å². The fourth-order valence-corrected chi connectivity index (χ4v) is 5.26. The summed E-state index contributed by atoms with van der Waals surface area (Å²) in [6.45, 7) is 9.73. The Balaban J connectivity index is 1.64. The first-order valence-corrected chi connectivity index (χ1v) is 10.4. The van der Waals surface area contributed by atoms with E-state index >= 15 is 0 Å². The van der Waals surface area contributed by atoms with Gasteiger partial charge in [-0.2, -0.15) is 0 Å². The number of piperidine rings is 1. The fourth-order valence-electron chi connectivity index (χ4n) is 5.26. The summed E-state index contributed by atoms with van der Waals surface area (Å²) < 4.78 is 2.38. The molecule has 2 amide bonds. The van der Waals surface area contributed by atoms with Crippen LogP contribution >= 0.6 is 0 Å². The number of rotatable bonds is 4. The normalized spacial score (nSPS) is 24.7. The van der Waals surface area contributed by atoms with Crippen molar-refractivity contribution in [2.75, 3.05) is 26.7 Å². The van der Waals surface area contributed by atoms with Gasteiger partial charge in [-0.1, -0.05) is 12.1 Å². The van der Waals surface area contributed by atoms with Crippen molar-refractivity contribution < 1.29 is 4.79 Å². The molecule has 0 radical (unpaired) electrons. The molecule has 4 rings (SSSR count). The van der Waals surface area contributed by atoms with Crippen LogP contribution in [0.1, 0.15) is 44.2 Å². The van der Waals surface area contributed by atoms with Crippen LogP contribution < -0.4 is 5.32 Å². The smallest absolute Gasteiger partial charge is 0.317 e. The third-order valence-corrected chi connectivity index (χ3v) is 6.64. The molecule has 0 bridgehead atoms. The lowest BCUT2D eigenvalue weighted by Gasteiger charge is -2.45. The summed E-state index contributed by atoms with van der Waals surface area (Å²) in [6.07, 6.45) is 4.49. The quantitative estimate of drug-likeness (QED) is 0.898. The molecule has 146 valence electrons. The Morgan fingerprint density at radius 3 is 2.74 bits per heavy atom. The summed E-state index contributed by atoms with van der Waals surface area (Å²) in [6, 6.07) is 7.56. The van der Waals surface area contributed by atoms with Crippen LogP contribution in [0.3, 0.4) is 0 Å². The molecule has 1 saturated heterocycles. The van der Waals surface area contributed by atoms with Gasteiger partial charge in [-0.05, 0) is 57.9 Å². The van der Waals surface area contributed by atoms with Gasteiger partial charge in [-0.25, -0.2) is 4.79 Å². The molecule has 1 aliphatic heterocycles. The van der Waals surface area contributed by atoms with Crippen molar-refractivity contribution in [3.8, 4) is 0 Å². The van der Waals surface area contributed by atoms with Gasteiger partial charge in [0, 0.05) is 61.3 Å². The Hall–Kier alpha value is -2.01. The van der Waals surface area contributed by atoms with Crippen molar-refractivity contribution >= 4 is 16.9 Å². The highest BCUT2D eigenvalue weighted by molar-refractivity contribution is 5.89. The van der Waals surface area contributed by atoms with E-state index in [1.165, 1.54) is 22.0 Å². The second-order valence-corrected chi connectivity index (χ2v) is 8.05. The lowest BCUT2D eigenvalue weighted by molar-refractivity contribution is 0.124. The van der Waals surface area contributed by atoms with Gasteiger partial charge in [0.05, 0.1) is 0 Å². The Kier molecular flexibility index (Phi) is 4.89. The van der Waals surface area contributed by atoms with Gasteiger partial charge in [0.2, 0.25) is 0 Å². The van der Waals surface area contributed by atoms with Crippen LogP contribution in [-0.4, -0.2) is 59.2 Å². The summed E-state index contributed by atoms with van der Waals surface area (Å²) in [4.78, 5) is 16.9. The molecule has 5 heteroatoms. The zero-order chi connectivity index (χ0) is 19.1. The fraction of sp³-hybridized carbons (Fsp3) is 0.591. The third-order valence-electron chi connectivity index (χ3n) is 6.64. The van der Waals surface area contributed by atoms with Crippen LogP contribution in [0, 0.1) is 0 Å². The van der Waals surface area contributed by atoms with E-state index in [1.54, 1.807) is 0 Å². The van der Waals surface area contributed by atoms with Gasteiger partial charge in [0.25, 0.3) is 0 Å². The lowest BCUT2D eigenvalue weighted by Crippen LogP contribution is -2.56. The Morgan fingerprint density at radius 1 is 1.26 bits per heavy atom. The SMILES string of the molecule is CCN(CC)C(=O)N[C@H]1C[C@@H]2c3cccc4c3c(cn4CC)C[C@H]2N(C)C1. The first-order valence-electron chi connectivity index (χ1n) is 10.4. The van der Waals surface area contributed by atoms with Crippen molar-refractivity contribution in [3.05, 3.63) is 35.5 Å². The maximum Gasteiger partial charge on any atom is 0.317 e. The van der Waals surface area contributed by atoms with Crippen LogP contribution in [0.15, 0.2) is 24.4 Å². The van der Waals surface area contributed by atoms with E-state index < -0.39 is 0 Å². The van der Waals surface area contributed by atoms with Gasteiger partial charge in [-0.15, -0.1) is 0 Å². The largest absolute Gasteiger partial charge is 0.347 e. The third kappa shape index (κ3) is 3.02. The number of carbonyl (C=O) groups excluding carboxylic acids is 1. The second kappa shape index (κ2) is 7.19. The van der Waals surface area contributed by atoms with E-state index in [2.05, 4.69) is 53.2 Å². The number of aryl methyl sites for hydroxylation is 1. The first kappa shape index (κ1) is 18.4. The van der Waals surface area contributed by atoms with E-state index in [9.17, 15) is 4.79 Å². The van der Waals surface area contributed by atoms with Gasteiger partial charge in [-0.3, -0.25) is 0 Å². The number of benzene rings is 1. The molecule has 3 atom stereocenters. The molecule has 1 aromatic heterocycles. The molecule has 1 N–H and O–H groups in total. The highest BCUT2D eigenvalue weighted by Crippen LogP contribution is 2.43. The molecule has 1 fully saturated rings. The molecule has 1 aromatic carbocycles. The number of likely N-dealkylation sites (N-methyl/N-ethyl adjacent to an activating group) is 1. The molecular weight excluding hydrogens is 336 g/mol. The summed E-state index contributed by atoms with van der Waals surface area (Å²) in [5.41, 5.74) is 4.32. The predicted octanol–water partition coefficient (Wildman–Crippen LogP) is 3.43. The van der Waals surface area contributed by atoms with E-state index in [-0.39, 0.29) is 12.1 Å². The second-order valence-electron chi connectivity index (χ2n) is 8.05. The van der Waals surface area contributed by atoms with Crippen LogP contribution in [0.25, 0.3) is 10.9 Å². The number of aromatic nitrogens is 1. The van der Waals surface area contributed by atoms with Gasteiger partial charge < -0.3 is 19.7 Å². The van der Waals surface area contributed by atoms with E-state index in [0.717, 1.165) is 39.0 Å². The molecule has 2 heterocycles. The Labute approximate surface area is 162 Å². The monoisotopic (exact) mass is 368 g/mol. The molecule has 1 aliphatic carbocycles. The molecule has 0 spiro atoms. The maximum atomic E-state index is 12.6. The molecular formula is C22H32N4O. The van der Waals surface area contributed by atoms with Crippen molar-refractivity contribution in [3.63, 3.8) is 0 Å². The highest BCUT2D eigenvalue weighted by Gasteiger charge is 2.40. The number of fused-ring (bicyclic) bond motifs is 2. The van der Waals surface area contributed by atoms with Crippen LogP contribution in [0.5, 0.6) is 0 Å². The first-order chi connectivity index (χ1) is 13.1. The minimum absolute atomic E-state index is 0.0729. The number of carbonyl (C=O) groups is 1. The number of nitrogens with one attached hydrogen (secondary N) is 1. The average Bonchev–Trinajstić information content (AvgIpc) is 3.03. The maximum absolute atomic E-state index is 12.6. The predicted molar refractivity (Wildman–Crippen MR) is 110 cm³/mol. The van der Waals surface area contributed by atoms with Gasteiger partial charge in [0.1, 0.15) is 0 Å². The van der Waals surface area contributed by atoms with Crippen molar-refractivity contribution in [2.24, 2.45) is 0 Å². The van der Waals surface area contributed by atoms with Crippen LogP contribution in [-0.2, 0) is 13.0 Å². The molecule has 5 nitrogen and oxygen atoms in total. The van der Waals surface area contributed by atoms with Crippen molar-refractivity contribution in [2.45, 2.75) is 58.2 Å². The summed E-state index contributed by atoms with van der Waals surface area (Å²) >= 11 is 0. The van der Waals surface area contributed by atoms with Crippen LogP contribution in [0.2, 0.25) is 0 Å².